The van der Waals surface area contributed by atoms with E-state index >= 15 is 0 Å². The van der Waals surface area contributed by atoms with Gasteiger partial charge in [-0.1, -0.05) is 23.2 Å². The molecule has 0 amide bonds. The highest BCUT2D eigenvalue weighted by atomic mass is 35.5. The van der Waals surface area contributed by atoms with Gasteiger partial charge in [0.05, 0.1) is 11.6 Å². The van der Waals surface area contributed by atoms with Crippen molar-refractivity contribution in [3.63, 3.8) is 0 Å². The molecule has 0 fully saturated rings. The van der Waals surface area contributed by atoms with Gasteiger partial charge in [-0.05, 0) is 0 Å². The highest BCUT2D eigenvalue weighted by Gasteiger charge is 2.08. The van der Waals surface area contributed by atoms with Crippen LogP contribution in [0.15, 0.2) is 10.9 Å². The van der Waals surface area contributed by atoms with Crippen molar-refractivity contribution < 1.29 is 9.90 Å². The SMILES string of the molecule is Nc1nc(Cl)c(C=O)c(Cl)n1.Nc1nc(O)cc(=O)[nH]1. The van der Waals surface area contributed by atoms with Crippen LogP contribution in [0.25, 0.3) is 0 Å². The molecular weight excluding hydrogens is 311 g/mol. The summed E-state index contributed by atoms with van der Waals surface area (Å²) in [6.07, 6.45) is 0.476. The Morgan fingerprint density at radius 3 is 2.15 bits per heavy atom. The number of nitrogens with two attached hydrogens (primary N) is 2. The maximum Gasteiger partial charge on any atom is 0.256 e. The minimum absolute atomic E-state index is 0.0301. The highest BCUT2D eigenvalue weighted by molar-refractivity contribution is 6.37. The number of halogens is 2. The molecule has 0 spiro atoms. The number of hydrogen-bond donors (Lipinski definition) is 4. The Labute approximate surface area is 121 Å². The number of carbonyl (C=O) groups excluding carboxylic acids is 1. The summed E-state index contributed by atoms with van der Waals surface area (Å²) in [7, 11) is 0. The molecule has 0 saturated heterocycles. The van der Waals surface area contributed by atoms with Crippen LogP contribution in [-0.4, -0.2) is 31.3 Å². The Morgan fingerprint density at radius 2 is 1.75 bits per heavy atom. The third kappa shape index (κ3) is 4.37. The zero-order valence-corrected chi connectivity index (χ0v) is 11.2. The van der Waals surface area contributed by atoms with E-state index in [0.29, 0.717) is 6.29 Å². The Hall–Kier alpha value is -2.39. The first-order chi connectivity index (χ1) is 9.33. The van der Waals surface area contributed by atoms with E-state index in [1.165, 1.54) is 0 Å². The second kappa shape index (κ2) is 6.68. The Bertz CT molecular complexity index is 643. The molecule has 0 bridgehead atoms. The van der Waals surface area contributed by atoms with Crippen LogP contribution in [0.4, 0.5) is 11.9 Å². The van der Waals surface area contributed by atoms with E-state index in [1.54, 1.807) is 0 Å². The van der Waals surface area contributed by atoms with Crippen LogP contribution in [0.2, 0.25) is 10.3 Å². The lowest BCUT2D eigenvalue weighted by atomic mass is 10.4. The van der Waals surface area contributed by atoms with Crippen LogP contribution in [0.1, 0.15) is 10.4 Å². The fraction of sp³-hybridized carbons (Fsp3) is 0. The molecule has 2 heterocycles. The topological polar surface area (TPSA) is 161 Å². The number of hydrogen-bond acceptors (Lipinski definition) is 8. The minimum atomic E-state index is -0.458. The molecule has 0 aliphatic heterocycles. The zero-order chi connectivity index (χ0) is 15.3. The van der Waals surface area contributed by atoms with Crippen molar-refractivity contribution in [2.24, 2.45) is 0 Å². The van der Waals surface area contributed by atoms with Gasteiger partial charge in [-0.15, -0.1) is 0 Å². The average molecular weight is 319 g/mol. The molecule has 20 heavy (non-hydrogen) atoms. The number of nitrogens with one attached hydrogen (secondary N) is 1. The number of nitrogens with zero attached hydrogens (tertiary/aromatic N) is 3. The molecule has 9 nitrogen and oxygen atoms in total. The molecule has 2 aromatic rings. The summed E-state index contributed by atoms with van der Waals surface area (Å²) < 4.78 is 0. The molecule has 0 aliphatic rings. The molecular formula is C9H8Cl2N6O3. The molecule has 11 heteroatoms. The summed E-state index contributed by atoms with van der Waals surface area (Å²) in [4.78, 5) is 33.2. The van der Waals surface area contributed by atoms with E-state index in [4.69, 9.17) is 39.8 Å². The standard InChI is InChI=1S/C5H3Cl2N3O.C4H5N3O2/c6-3-2(1-11)4(7)10-5(8)9-3;5-4-6-2(8)1-3(9)7-4/h1H,(H2,8,9,10);1H,(H4,5,6,7,8,9). The summed E-state index contributed by atoms with van der Waals surface area (Å²) in [6, 6.07) is 0.941. The second-order valence-corrected chi connectivity index (χ2v) is 3.90. The van der Waals surface area contributed by atoms with Gasteiger partial charge in [-0.3, -0.25) is 14.6 Å². The lowest BCUT2D eigenvalue weighted by Gasteiger charge is -1.97. The number of carbonyl (C=O) groups is 1. The zero-order valence-electron chi connectivity index (χ0n) is 9.67. The monoisotopic (exact) mass is 318 g/mol. The third-order valence-electron chi connectivity index (χ3n) is 1.73. The van der Waals surface area contributed by atoms with Crippen molar-refractivity contribution >= 4 is 41.4 Å². The summed E-state index contributed by atoms with van der Waals surface area (Å²) in [5.41, 5.74) is 9.81. The van der Waals surface area contributed by atoms with Gasteiger partial charge in [0.15, 0.2) is 6.29 Å². The van der Waals surface area contributed by atoms with E-state index < -0.39 is 5.56 Å². The van der Waals surface area contributed by atoms with E-state index in [0.717, 1.165) is 6.07 Å². The highest BCUT2D eigenvalue weighted by Crippen LogP contribution is 2.19. The lowest BCUT2D eigenvalue weighted by molar-refractivity contribution is 0.112. The molecule has 0 unspecified atom stereocenters. The van der Waals surface area contributed by atoms with Gasteiger partial charge in [0.1, 0.15) is 10.3 Å². The Kier molecular flexibility index (Phi) is 5.23. The van der Waals surface area contributed by atoms with Crippen molar-refractivity contribution in [1.82, 2.24) is 19.9 Å². The maximum atomic E-state index is 10.4. The summed E-state index contributed by atoms with van der Waals surface area (Å²) in [5, 5.41) is 8.52. The normalized spacial score (nSPS) is 9.50. The summed E-state index contributed by atoms with van der Waals surface area (Å²) in [5.74, 6) is -0.498. The van der Waals surface area contributed by atoms with Gasteiger partial charge in [0, 0.05) is 0 Å². The molecule has 0 atom stereocenters. The molecule has 0 aliphatic carbocycles. The quantitative estimate of drug-likeness (QED) is 0.429. The van der Waals surface area contributed by atoms with Gasteiger partial charge >= 0.3 is 0 Å². The van der Waals surface area contributed by atoms with E-state index in [-0.39, 0.29) is 33.6 Å². The van der Waals surface area contributed by atoms with Crippen molar-refractivity contribution in [3.8, 4) is 5.88 Å². The van der Waals surface area contributed by atoms with Crippen LogP contribution in [0, 0.1) is 0 Å². The van der Waals surface area contributed by atoms with Crippen molar-refractivity contribution in [3.05, 3.63) is 32.3 Å². The van der Waals surface area contributed by atoms with Gasteiger partial charge < -0.3 is 16.6 Å². The lowest BCUT2D eigenvalue weighted by Crippen LogP contribution is -2.08. The number of H-pyrrole nitrogens is 1. The molecule has 0 saturated carbocycles. The average Bonchev–Trinajstić information content (AvgIpc) is 2.26. The van der Waals surface area contributed by atoms with Crippen molar-refractivity contribution in [2.75, 3.05) is 11.5 Å². The number of anilines is 2. The number of aromatic nitrogens is 4. The fourth-order valence-corrected chi connectivity index (χ4v) is 1.48. The largest absolute Gasteiger partial charge is 0.493 e. The Balaban J connectivity index is 0.000000204. The molecule has 106 valence electrons. The molecule has 2 rings (SSSR count). The molecule has 0 aromatic carbocycles. The Morgan fingerprint density at radius 1 is 1.20 bits per heavy atom. The van der Waals surface area contributed by atoms with Crippen molar-refractivity contribution in [2.45, 2.75) is 0 Å². The molecule has 6 N–H and O–H groups in total. The van der Waals surface area contributed by atoms with Crippen LogP contribution >= 0.6 is 23.2 Å². The van der Waals surface area contributed by atoms with Gasteiger partial charge in [0.25, 0.3) is 5.56 Å². The van der Waals surface area contributed by atoms with E-state index in [2.05, 4.69) is 19.9 Å². The fourth-order valence-electron chi connectivity index (χ4n) is 0.992. The van der Waals surface area contributed by atoms with E-state index in [9.17, 15) is 9.59 Å². The number of rotatable bonds is 1. The second-order valence-electron chi connectivity index (χ2n) is 3.18. The number of aromatic hydroxyl groups is 1. The van der Waals surface area contributed by atoms with Crippen LogP contribution in [-0.2, 0) is 0 Å². The summed E-state index contributed by atoms with van der Waals surface area (Å²) in [6.45, 7) is 0. The van der Waals surface area contributed by atoms with Crippen LogP contribution in [0.5, 0.6) is 5.88 Å². The smallest absolute Gasteiger partial charge is 0.256 e. The van der Waals surface area contributed by atoms with Gasteiger partial charge in [-0.2, -0.15) is 4.98 Å². The first-order valence-corrected chi connectivity index (χ1v) is 5.58. The molecule has 0 radical (unpaired) electrons. The minimum Gasteiger partial charge on any atom is -0.493 e. The van der Waals surface area contributed by atoms with Gasteiger partial charge in [0.2, 0.25) is 17.8 Å². The van der Waals surface area contributed by atoms with Crippen molar-refractivity contribution in [1.29, 1.82) is 0 Å². The van der Waals surface area contributed by atoms with Crippen LogP contribution < -0.4 is 17.0 Å². The number of aldehydes is 1. The first-order valence-electron chi connectivity index (χ1n) is 4.83. The first kappa shape index (κ1) is 15.7. The predicted octanol–water partition coefficient (Wildman–Crippen LogP) is 0.236. The number of nitrogen functional groups attached to an aromatic ring is 2. The van der Waals surface area contributed by atoms with Gasteiger partial charge in [-0.25, -0.2) is 9.97 Å². The number of aromatic amines is 1. The van der Waals surface area contributed by atoms with Crippen LogP contribution in [0.3, 0.4) is 0 Å². The maximum absolute atomic E-state index is 10.4. The third-order valence-corrected chi connectivity index (χ3v) is 2.31. The summed E-state index contributed by atoms with van der Waals surface area (Å²) >= 11 is 11.0. The predicted molar refractivity (Wildman–Crippen MR) is 72.8 cm³/mol. The molecule has 2 aromatic heterocycles. The van der Waals surface area contributed by atoms with E-state index in [1.807, 2.05) is 0 Å².